The van der Waals surface area contributed by atoms with Crippen molar-refractivity contribution in [2.45, 2.75) is 20.4 Å². The molecule has 1 aliphatic rings. The molecule has 3 heterocycles. The number of hydrogen-bond acceptors (Lipinski definition) is 5. The fraction of sp³-hybridized carbons (Fsp3) is 0.100. The predicted octanol–water partition coefficient (Wildman–Crippen LogP) is 5.04. The first-order valence-corrected chi connectivity index (χ1v) is 11.8. The first kappa shape index (κ1) is 23.6. The van der Waals surface area contributed by atoms with Gasteiger partial charge in [-0.2, -0.15) is 10.4 Å². The van der Waals surface area contributed by atoms with Crippen molar-refractivity contribution in [2.75, 3.05) is 0 Å². The van der Waals surface area contributed by atoms with Crippen molar-refractivity contribution in [1.82, 2.24) is 19.7 Å². The standard InChI is InChI=1S/C30H23N5O2/c1-20-10-12-23(13-11-20)28-24(19-35(33-28)25-8-4-3-5-9-25)15-26-21(2)27(16-31)30(37)34(29(26)36)18-22-7-6-14-32-17-22/h3-15,17,19H,18H2,1-2H3/b26-15+. The molecule has 0 saturated carbocycles. The van der Waals surface area contributed by atoms with Crippen molar-refractivity contribution in [3.05, 3.63) is 119 Å². The third kappa shape index (κ3) is 4.60. The molecule has 0 saturated heterocycles. The molecule has 5 rings (SSSR count). The largest absolute Gasteiger partial charge is 0.271 e. The highest BCUT2D eigenvalue weighted by Crippen LogP contribution is 2.31. The van der Waals surface area contributed by atoms with Gasteiger partial charge >= 0.3 is 0 Å². The van der Waals surface area contributed by atoms with Gasteiger partial charge in [0.05, 0.1) is 17.9 Å². The number of carbonyl (C=O) groups excluding carboxylic acids is 2. The molecule has 37 heavy (non-hydrogen) atoms. The molecule has 0 radical (unpaired) electrons. The molecule has 2 aromatic carbocycles. The molecule has 0 N–H and O–H groups in total. The van der Waals surface area contributed by atoms with E-state index in [4.69, 9.17) is 5.10 Å². The lowest BCUT2D eigenvalue weighted by atomic mass is 9.93. The van der Waals surface area contributed by atoms with Crippen molar-refractivity contribution in [1.29, 1.82) is 5.26 Å². The smallest absolute Gasteiger partial charge is 0.269 e. The molecule has 0 bridgehead atoms. The molecular formula is C30H23N5O2. The minimum absolute atomic E-state index is 0.0232. The Kier molecular flexibility index (Phi) is 6.31. The van der Waals surface area contributed by atoms with Gasteiger partial charge in [-0.25, -0.2) is 4.68 Å². The summed E-state index contributed by atoms with van der Waals surface area (Å²) in [4.78, 5) is 31.9. The van der Waals surface area contributed by atoms with Crippen molar-refractivity contribution < 1.29 is 9.59 Å². The average Bonchev–Trinajstić information content (AvgIpc) is 3.35. The van der Waals surface area contributed by atoms with E-state index in [1.54, 1.807) is 42.2 Å². The quantitative estimate of drug-likeness (QED) is 0.292. The van der Waals surface area contributed by atoms with Crippen LogP contribution in [0.4, 0.5) is 0 Å². The van der Waals surface area contributed by atoms with Crippen LogP contribution in [0.1, 0.15) is 23.6 Å². The van der Waals surface area contributed by atoms with E-state index in [0.717, 1.165) is 21.7 Å². The molecule has 7 nitrogen and oxygen atoms in total. The van der Waals surface area contributed by atoms with Crippen molar-refractivity contribution in [2.24, 2.45) is 0 Å². The molecule has 0 spiro atoms. The van der Waals surface area contributed by atoms with Gasteiger partial charge in [-0.15, -0.1) is 0 Å². The Morgan fingerprint density at radius 1 is 0.946 bits per heavy atom. The molecule has 0 fully saturated rings. The lowest BCUT2D eigenvalue weighted by Gasteiger charge is -2.27. The lowest BCUT2D eigenvalue weighted by Crippen LogP contribution is -2.42. The SMILES string of the molecule is CC1=C(C#N)C(=O)N(Cc2cccnc2)C(=O)/C1=C/c1cn(-c2ccccc2)nc1-c1ccc(C)cc1. The zero-order valence-electron chi connectivity index (χ0n) is 20.4. The second-order valence-electron chi connectivity index (χ2n) is 8.81. The van der Waals surface area contributed by atoms with Crippen molar-refractivity contribution >= 4 is 17.9 Å². The Morgan fingerprint density at radius 2 is 1.70 bits per heavy atom. The summed E-state index contributed by atoms with van der Waals surface area (Å²) in [5.41, 5.74) is 5.53. The van der Waals surface area contributed by atoms with Crippen LogP contribution in [0.25, 0.3) is 23.0 Å². The van der Waals surface area contributed by atoms with Gasteiger partial charge < -0.3 is 0 Å². The van der Waals surface area contributed by atoms with E-state index in [-0.39, 0.29) is 17.7 Å². The van der Waals surface area contributed by atoms with E-state index in [0.29, 0.717) is 22.4 Å². The second-order valence-corrected chi connectivity index (χ2v) is 8.81. The van der Waals surface area contributed by atoms with Gasteiger partial charge in [-0.05, 0) is 49.3 Å². The molecule has 0 atom stereocenters. The van der Waals surface area contributed by atoms with Crippen LogP contribution < -0.4 is 0 Å². The predicted molar refractivity (Wildman–Crippen MR) is 140 cm³/mol. The van der Waals surface area contributed by atoms with E-state index < -0.39 is 11.8 Å². The summed E-state index contributed by atoms with van der Waals surface area (Å²) in [5.74, 6) is -1.07. The highest BCUT2D eigenvalue weighted by atomic mass is 16.2. The summed E-state index contributed by atoms with van der Waals surface area (Å²) in [7, 11) is 0. The fourth-order valence-corrected chi connectivity index (χ4v) is 4.24. The number of nitriles is 1. The summed E-state index contributed by atoms with van der Waals surface area (Å²) >= 11 is 0. The summed E-state index contributed by atoms with van der Waals surface area (Å²) in [6.07, 6.45) is 6.79. The maximum atomic E-state index is 13.6. The summed E-state index contributed by atoms with van der Waals surface area (Å²) in [5, 5.41) is 14.6. The molecule has 0 unspecified atom stereocenters. The molecule has 0 aliphatic carbocycles. The van der Waals surface area contributed by atoms with Crippen LogP contribution in [-0.2, 0) is 16.1 Å². The second kappa shape index (κ2) is 9.88. The van der Waals surface area contributed by atoms with Gasteiger partial charge in [0.25, 0.3) is 11.8 Å². The molecule has 4 aromatic rings. The van der Waals surface area contributed by atoms with Crippen LogP contribution in [0, 0.1) is 18.3 Å². The van der Waals surface area contributed by atoms with Crippen LogP contribution in [0.15, 0.2) is 102 Å². The molecule has 7 heteroatoms. The number of benzene rings is 2. The third-order valence-corrected chi connectivity index (χ3v) is 6.28. The minimum Gasteiger partial charge on any atom is -0.269 e. The highest BCUT2D eigenvalue weighted by molar-refractivity contribution is 6.19. The third-order valence-electron chi connectivity index (χ3n) is 6.28. The number of rotatable bonds is 5. The lowest BCUT2D eigenvalue weighted by molar-refractivity contribution is -0.141. The number of aromatic nitrogens is 3. The highest BCUT2D eigenvalue weighted by Gasteiger charge is 2.35. The topological polar surface area (TPSA) is 91.9 Å². The number of imide groups is 1. The van der Waals surface area contributed by atoms with Gasteiger partial charge in [-0.3, -0.25) is 19.5 Å². The van der Waals surface area contributed by atoms with E-state index in [9.17, 15) is 14.9 Å². The molecule has 180 valence electrons. The van der Waals surface area contributed by atoms with E-state index >= 15 is 0 Å². The number of carbonyl (C=O) groups is 2. The Balaban J connectivity index is 1.65. The summed E-state index contributed by atoms with van der Waals surface area (Å²) < 4.78 is 1.76. The molecular weight excluding hydrogens is 462 g/mol. The van der Waals surface area contributed by atoms with E-state index in [1.807, 2.05) is 73.8 Å². The first-order chi connectivity index (χ1) is 18.0. The maximum Gasteiger partial charge on any atom is 0.271 e. The van der Waals surface area contributed by atoms with Crippen LogP contribution in [0.5, 0.6) is 0 Å². The summed E-state index contributed by atoms with van der Waals surface area (Å²) in [6.45, 7) is 3.67. The summed E-state index contributed by atoms with van der Waals surface area (Å²) in [6, 6.07) is 23.2. The van der Waals surface area contributed by atoms with Crippen LogP contribution in [0.3, 0.4) is 0 Å². The molecule has 2 amide bonds. The van der Waals surface area contributed by atoms with Crippen molar-refractivity contribution in [3.63, 3.8) is 0 Å². The zero-order chi connectivity index (χ0) is 25.9. The Hall–Kier alpha value is -5.09. The molecule has 1 aliphatic heterocycles. The van der Waals surface area contributed by atoms with Crippen LogP contribution in [0.2, 0.25) is 0 Å². The van der Waals surface area contributed by atoms with Gasteiger partial charge in [0, 0.05) is 35.3 Å². The number of nitrogens with zero attached hydrogens (tertiary/aromatic N) is 5. The number of pyridine rings is 1. The molecule has 2 aromatic heterocycles. The Morgan fingerprint density at radius 3 is 2.38 bits per heavy atom. The van der Waals surface area contributed by atoms with Gasteiger partial charge in [0.2, 0.25) is 0 Å². The van der Waals surface area contributed by atoms with Crippen molar-refractivity contribution in [3.8, 4) is 23.0 Å². The number of para-hydroxylation sites is 1. The zero-order valence-corrected chi connectivity index (χ0v) is 20.4. The first-order valence-electron chi connectivity index (χ1n) is 11.8. The van der Waals surface area contributed by atoms with Crippen LogP contribution >= 0.6 is 0 Å². The Bertz CT molecular complexity index is 1590. The number of amides is 2. The monoisotopic (exact) mass is 485 g/mol. The fourth-order valence-electron chi connectivity index (χ4n) is 4.24. The van der Waals surface area contributed by atoms with E-state index in [1.165, 1.54) is 0 Å². The Labute approximate surface area is 214 Å². The average molecular weight is 486 g/mol. The number of hydrogen-bond donors (Lipinski definition) is 0. The van der Waals surface area contributed by atoms with Gasteiger partial charge in [0.1, 0.15) is 11.6 Å². The van der Waals surface area contributed by atoms with E-state index in [2.05, 4.69) is 4.98 Å². The normalized spacial score (nSPS) is 14.8. The van der Waals surface area contributed by atoms with Gasteiger partial charge in [0.15, 0.2) is 0 Å². The van der Waals surface area contributed by atoms with Crippen LogP contribution in [-0.4, -0.2) is 31.5 Å². The maximum absolute atomic E-state index is 13.6. The van der Waals surface area contributed by atoms with Gasteiger partial charge in [-0.1, -0.05) is 54.1 Å². The number of aryl methyl sites for hydroxylation is 1. The minimum atomic E-state index is -0.607.